The van der Waals surface area contributed by atoms with Crippen molar-refractivity contribution in [2.75, 3.05) is 0 Å². The van der Waals surface area contributed by atoms with Gasteiger partial charge in [-0.3, -0.25) is 10.1 Å². The highest BCUT2D eigenvalue weighted by atomic mass is 35.5. The van der Waals surface area contributed by atoms with Crippen LogP contribution < -0.4 is 0 Å². The molecular formula is C14H11Cl2NO3. The van der Waals surface area contributed by atoms with Crippen molar-refractivity contribution in [3.05, 3.63) is 61.9 Å². The normalized spacial score (nSPS) is 11.7. The van der Waals surface area contributed by atoms with Crippen LogP contribution in [0.4, 0.5) is 0 Å². The molecule has 0 bridgehead atoms. The fourth-order valence-corrected chi connectivity index (χ4v) is 2.09. The lowest BCUT2D eigenvalue weighted by molar-refractivity contribution is -0.425. The van der Waals surface area contributed by atoms with E-state index < -0.39 is 4.92 Å². The van der Waals surface area contributed by atoms with E-state index in [1.54, 1.807) is 37.3 Å². The lowest BCUT2D eigenvalue weighted by Crippen LogP contribution is -1.95. The van der Waals surface area contributed by atoms with Crippen LogP contribution in [0.3, 0.4) is 0 Å². The van der Waals surface area contributed by atoms with Crippen molar-refractivity contribution in [3.8, 4) is 11.3 Å². The smallest absolute Gasteiger partial charge is 0.249 e. The Hall–Kier alpha value is -1.78. The van der Waals surface area contributed by atoms with Crippen molar-refractivity contribution in [1.82, 2.24) is 0 Å². The summed E-state index contributed by atoms with van der Waals surface area (Å²) in [5.41, 5.74) is 0.737. The molecule has 1 aromatic heterocycles. The number of hydrogen-bond donors (Lipinski definition) is 0. The molecule has 0 aliphatic heterocycles. The molecule has 20 heavy (non-hydrogen) atoms. The first-order chi connectivity index (χ1) is 9.51. The second-order valence-electron chi connectivity index (χ2n) is 4.07. The highest BCUT2D eigenvalue weighted by molar-refractivity contribution is 6.35. The van der Waals surface area contributed by atoms with Gasteiger partial charge < -0.3 is 4.42 Å². The van der Waals surface area contributed by atoms with Crippen LogP contribution in [0.5, 0.6) is 0 Å². The van der Waals surface area contributed by atoms with E-state index in [2.05, 4.69) is 0 Å². The summed E-state index contributed by atoms with van der Waals surface area (Å²) >= 11 is 12.0. The number of hydrogen-bond acceptors (Lipinski definition) is 3. The maximum absolute atomic E-state index is 10.8. The van der Waals surface area contributed by atoms with Gasteiger partial charge in [-0.2, -0.15) is 0 Å². The third kappa shape index (κ3) is 3.21. The van der Waals surface area contributed by atoms with Gasteiger partial charge >= 0.3 is 0 Å². The fourth-order valence-electron chi connectivity index (χ4n) is 1.71. The lowest BCUT2D eigenvalue weighted by atomic mass is 10.2. The Morgan fingerprint density at radius 3 is 2.75 bits per heavy atom. The lowest BCUT2D eigenvalue weighted by Gasteiger charge is -2.01. The predicted molar refractivity (Wildman–Crippen MR) is 79.4 cm³/mol. The second kappa shape index (κ2) is 6.11. The molecule has 0 fully saturated rings. The van der Waals surface area contributed by atoms with E-state index in [1.165, 1.54) is 6.08 Å². The molecule has 2 rings (SSSR count). The largest absolute Gasteiger partial charge is 0.456 e. The van der Waals surface area contributed by atoms with Crippen LogP contribution in [-0.2, 0) is 0 Å². The van der Waals surface area contributed by atoms with E-state index >= 15 is 0 Å². The summed E-state index contributed by atoms with van der Waals surface area (Å²) < 4.78 is 5.56. The van der Waals surface area contributed by atoms with Crippen molar-refractivity contribution in [2.45, 2.75) is 13.3 Å². The summed E-state index contributed by atoms with van der Waals surface area (Å²) in [5, 5.41) is 11.8. The number of halogens is 2. The van der Waals surface area contributed by atoms with E-state index in [9.17, 15) is 10.1 Å². The van der Waals surface area contributed by atoms with Gasteiger partial charge in [0.15, 0.2) is 0 Å². The second-order valence-corrected chi connectivity index (χ2v) is 4.92. The van der Waals surface area contributed by atoms with Gasteiger partial charge in [-0.25, -0.2) is 0 Å². The molecule has 104 valence electrons. The highest BCUT2D eigenvalue weighted by Crippen LogP contribution is 2.32. The average Bonchev–Trinajstić information content (AvgIpc) is 2.86. The summed E-state index contributed by atoms with van der Waals surface area (Å²) in [6.45, 7) is 1.71. The molecular weight excluding hydrogens is 301 g/mol. The molecule has 2 aromatic rings. The Labute approximate surface area is 125 Å². The minimum Gasteiger partial charge on any atom is -0.456 e. The number of benzene rings is 1. The maximum Gasteiger partial charge on any atom is 0.249 e. The molecule has 1 aromatic carbocycles. The van der Waals surface area contributed by atoms with Crippen LogP contribution in [-0.4, -0.2) is 4.92 Å². The van der Waals surface area contributed by atoms with Crippen molar-refractivity contribution in [3.63, 3.8) is 0 Å². The molecule has 0 spiro atoms. The molecule has 0 unspecified atom stereocenters. The van der Waals surface area contributed by atoms with Crippen molar-refractivity contribution < 1.29 is 9.34 Å². The number of furan rings is 1. The van der Waals surface area contributed by atoms with Gasteiger partial charge in [0.25, 0.3) is 0 Å². The van der Waals surface area contributed by atoms with Crippen LogP contribution in [0.2, 0.25) is 10.0 Å². The quantitative estimate of drug-likeness (QED) is 0.570. The van der Waals surface area contributed by atoms with Crippen LogP contribution >= 0.6 is 23.2 Å². The molecule has 0 radical (unpaired) electrons. The molecule has 0 atom stereocenters. The maximum atomic E-state index is 10.8. The molecule has 6 heteroatoms. The number of rotatable bonds is 4. The Bertz CT molecular complexity index is 677. The van der Waals surface area contributed by atoms with Gasteiger partial charge in [-0.1, -0.05) is 30.1 Å². The Kier molecular flexibility index (Phi) is 4.47. The summed E-state index contributed by atoms with van der Waals surface area (Å²) in [6, 6.07) is 8.40. The molecule has 4 nitrogen and oxygen atoms in total. The van der Waals surface area contributed by atoms with E-state index in [-0.39, 0.29) is 5.70 Å². The average molecular weight is 312 g/mol. The van der Waals surface area contributed by atoms with Crippen molar-refractivity contribution in [1.29, 1.82) is 0 Å². The standard InChI is InChI=1S/C14H11Cl2NO3/c1-2-10(17(18)19)8-11-4-6-14(20-11)12-7-9(15)3-5-13(12)16/h3-8H,2H2,1H3. The van der Waals surface area contributed by atoms with Gasteiger partial charge in [-0.15, -0.1) is 0 Å². The molecule has 1 heterocycles. The van der Waals surface area contributed by atoms with E-state index in [0.717, 1.165) is 0 Å². The van der Waals surface area contributed by atoms with Gasteiger partial charge in [0.05, 0.1) is 16.0 Å². The summed E-state index contributed by atoms with van der Waals surface area (Å²) in [5.74, 6) is 0.923. The Balaban J connectivity index is 2.38. The van der Waals surface area contributed by atoms with Crippen LogP contribution in [0.1, 0.15) is 19.1 Å². The molecule has 0 aliphatic rings. The first-order valence-corrected chi connectivity index (χ1v) is 6.67. The zero-order valence-corrected chi connectivity index (χ0v) is 12.1. The van der Waals surface area contributed by atoms with E-state index in [1.807, 2.05) is 0 Å². The molecule has 0 N–H and O–H groups in total. The van der Waals surface area contributed by atoms with Gasteiger partial charge in [0.1, 0.15) is 11.5 Å². The van der Waals surface area contributed by atoms with Crippen LogP contribution in [0.25, 0.3) is 17.4 Å². The third-order valence-electron chi connectivity index (χ3n) is 2.73. The van der Waals surface area contributed by atoms with Gasteiger partial charge in [0.2, 0.25) is 5.70 Å². The Morgan fingerprint density at radius 2 is 2.10 bits per heavy atom. The minimum absolute atomic E-state index is 0.0862. The molecule has 0 saturated carbocycles. The minimum atomic E-state index is -0.422. The van der Waals surface area contributed by atoms with Gasteiger partial charge in [-0.05, 0) is 30.3 Å². The van der Waals surface area contributed by atoms with Crippen LogP contribution in [0, 0.1) is 10.1 Å². The first kappa shape index (κ1) is 14.6. The topological polar surface area (TPSA) is 56.3 Å². The monoisotopic (exact) mass is 311 g/mol. The van der Waals surface area contributed by atoms with Crippen molar-refractivity contribution >= 4 is 29.3 Å². The third-order valence-corrected chi connectivity index (χ3v) is 3.29. The highest BCUT2D eigenvalue weighted by Gasteiger charge is 2.12. The number of nitro groups is 1. The van der Waals surface area contributed by atoms with E-state index in [0.29, 0.717) is 33.6 Å². The van der Waals surface area contributed by atoms with Crippen LogP contribution in [0.15, 0.2) is 40.4 Å². The first-order valence-electron chi connectivity index (χ1n) is 5.91. The van der Waals surface area contributed by atoms with E-state index in [4.69, 9.17) is 27.6 Å². The molecule has 0 aliphatic carbocycles. The number of nitrogens with zero attached hydrogens (tertiary/aromatic N) is 1. The predicted octanol–water partition coefficient (Wildman–Crippen LogP) is 5.28. The molecule has 0 amide bonds. The summed E-state index contributed by atoms with van der Waals surface area (Å²) in [4.78, 5) is 10.3. The Morgan fingerprint density at radius 1 is 1.35 bits per heavy atom. The summed E-state index contributed by atoms with van der Waals surface area (Å²) in [6.07, 6.45) is 1.73. The number of allylic oxidation sites excluding steroid dienone is 1. The SMILES string of the molecule is CCC(=Cc1ccc(-c2cc(Cl)ccc2Cl)o1)[N+](=O)[O-]. The van der Waals surface area contributed by atoms with Gasteiger partial charge in [0, 0.05) is 17.0 Å². The zero-order chi connectivity index (χ0) is 14.7. The fraction of sp³-hybridized carbons (Fsp3) is 0.143. The molecule has 0 saturated heterocycles. The summed E-state index contributed by atoms with van der Waals surface area (Å²) in [7, 11) is 0. The van der Waals surface area contributed by atoms with Crippen molar-refractivity contribution in [2.24, 2.45) is 0 Å². The zero-order valence-electron chi connectivity index (χ0n) is 10.6.